The number of nitrogens with zero attached hydrogens (tertiary/aromatic N) is 2. The summed E-state index contributed by atoms with van der Waals surface area (Å²) in [5, 5.41) is 7.26. The zero-order valence-electron chi connectivity index (χ0n) is 10.5. The molecule has 1 saturated heterocycles. The Kier molecular flexibility index (Phi) is 3.32. The van der Waals surface area contributed by atoms with Gasteiger partial charge in [-0.2, -0.15) is 5.10 Å². The number of anilines is 1. The molecule has 5 heteroatoms. The van der Waals surface area contributed by atoms with Crippen molar-refractivity contribution in [2.24, 2.45) is 5.92 Å². The third kappa shape index (κ3) is 2.41. The van der Waals surface area contributed by atoms with Crippen molar-refractivity contribution in [1.29, 1.82) is 0 Å². The van der Waals surface area contributed by atoms with E-state index in [1.165, 1.54) is 12.8 Å². The van der Waals surface area contributed by atoms with Gasteiger partial charge >= 0.3 is 0 Å². The molecule has 1 atom stereocenters. The van der Waals surface area contributed by atoms with Crippen molar-refractivity contribution in [3.63, 3.8) is 0 Å². The molecule has 5 nitrogen and oxygen atoms in total. The molecule has 98 valence electrons. The minimum atomic E-state index is 0.148. The van der Waals surface area contributed by atoms with Crippen LogP contribution in [0.4, 0.5) is 5.69 Å². The first-order chi connectivity index (χ1) is 8.83. The predicted octanol–water partition coefficient (Wildman–Crippen LogP) is 1.97. The number of nitrogens with one attached hydrogen (secondary N) is 1. The molecule has 2 heterocycles. The topological polar surface area (TPSA) is 56.2 Å². The van der Waals surface area contributed by atoms with E-state index < -0.39 is 0 Å². The fraction of sp³-hybridized carbons (Fsp3) is 0.692. The highest BCUT2D eigenvalue weighted by molar-refractivity contribution is 5.92. The van der Waals surface area contributed by atoms with Crippen molar-refractivity contribution >= 4 is 11.6 Å². The number of carbonyl (C=O) groups excluding carboxylic acids is 1. The van der Waals surface area contributed by atoms with Crippen LogP contribution in [0.25, 0.3) is 0 Å². The summed E-state index contributed by atoms with van der Waals surface area (Å²) in [6.07, 6.45) is 9.04. The molecule has 1 aromatic heterocycles. The maximum absolute atomic E-state index is 12.0. The Bertz CT molecular complexity index is 418. The number of carbonyl (C=O) groups is 1. The normalized spacial score (nSPS) is 24.6. The number of hydrogen-bond acceptors (Lipinski definition) is 3. The molecule has 1 aromatic rings. The van der Waals surface area contributed by atoms with Gasteiger partial charge in [0.05, 0.1) is 24.5 Å². The van der Waals surface area contributed by atoms with Gasteiger partial charge in [0, 0.05) is 18.7 Å². The lowest BCUT2D eigenvalue weighted by Gasteiger charge is -2.09. The molecule has 1 aliphatic heterocycles. The second kappa shape index (κ2) is 5.10. The average molecular weight is 249 g/mol. The van der Waals surface area contributed by atoms with E-state index in [-0.39, 0.29) is 11.8 Å². The summed E-state index contributed by atoms with van der Waals surface area (Å²) in [7, 11) is 0. The first-order valence-electron chi connectivity index (χ1n) is 6.76. The molecule has 1 unspecified atom stereocenters. The molecule has 3 rings (SSSR count). The predicted molar refractivity (Wildman–Crippen MR) is 67.3 cm³/mol. The maximum Gasteiger partial charge on any atom is 0.227 e. The van der Waals surface area contributed by atoms with Gasteiger partial charge in [-0.3, -0.25) is 9.48 Å². The van der Waals surface area contributed by atoms with Crippen LogP contribution < -0.4 is 5.32 Å². The first kappa shape index (κ1) is 11.7. The van der Waals surface area contributed by atoms with Crippen LogP contribution in [0.15, 0.2) is 12.4 Å². The SMILES string of the molecule is O=C(Nc1cnn(C2CCOC2)c1)C1CCCC1. The summed E-state index contributed by atoms with van der Waals surface area (Å²) >= 11 is 0. The summed E-state index contributed by atoms with van der Waals surface area (Å²) in [6, 6.07) is 0.321. The molecule has 1 N–H and O–H groups in total. The summed E-state index contributed by atoms with van der Waals surface area (Å²) in [4.78, 5) is 12.0. The highest BCUT2D eigenvalue weighted by atomic mass is 16.5. The second-order valence-corrected chi connectivity index (χ2v) is 5.20. The number of rotatable bonds is 3. The molecular formula is C13H19N3O2. The van der Waals surface area contributed by atoms with Crippen molar-refractivity contribution in [2.45, 2.75) is 38.1 Å². The fourth-order valence-electron chi connectivity index (χ4n) is 2.77. The van der Waals surface area contributed by atoms with E-state index in [9.17, 15) is 4.79 Å². The molecule has 0 spiro atoms. The Balaban J connectivity index is 1.60. The molecule has 2 fully saturated rings. The summed E-state index contributed by atoms with van der Waals surface area (Å²) in [5.74, 6) is 0.345. The number of hydrogen-bond donors (Lipinski definition) is 1. The van der Waals surface area contributed by atoms with E-state index in [0.29, 0.717) is 6.04 Å². The van der Waals surface area contributed by atoms with Crippen LogP contribution in [0.3, 0.4) is 0 Å². The molecule has 0 aromatic carbocycles. The molecule has 0 radical (unpaired) electrons. The van der Waals surface area contributed by atoms with Gasteiger partial charge < -0.3 is 10.1 Å². The van der Waals surface area contributed by atoms with Gasteiger partial charge in [0.2, 0.25) is 5.91 Å². The molecular weight excluding hydrogens is 230 g/mol. The lowest BCUT2D eigenvalue weighted by Crippen LogP contribution is -2.20. The Labute approximate surface area is 107 Å². The summed E-state index contributed by atoms with van der Waals surface area (Å²) in [6.45, 7) is 1.52. The lowest BCUT2D eigenvalue weighted by molar-refractivity contribution is -0.119. The number of aromatic nitrogens is 2. The smallest absolute Gasteiger partial charge is 0.227 e. The van der Waals surface area contributed by atoms with Crippen LogP contribution in [-0.2, 0) is 9.53 Å². The highest BCUT2D eigenvalue weighted by Crippen LogP contribution is 2.26. The van der Waals surface area contributed by atoms with E-state index in [2.05, 4.69) is 10.4 Å². The molecule has 2 aliphatic rings. The van der Waals surface area contributed by atoms with Crippen molar-refractivity contribution in [3.8, 4) is 0 Å². The average Bonchev–Trinajstić information content (AvgIpc) is 3.12. The molecule has 0 bridgehead atoms. The van der Waals surface area contributed by atoms with Gasteiger partial charge in [0.15, 0.2) is 0 Å². The largest absolute Gasteiger partial charge is 0.379 e. The molecule has 1 saturated carbocycles. The third-order valence-corrected chi connectivity index (χ3v) is 3.87. The van der Waals surface area contributed by atoms with Crippen molar-refractivity contribution < 1.29 is 9.53 Å². The quantitative estimate of drug-likeness (QED) is 0.891. The Hall–Kier alpha value is -1.36. The zero-order chi connectivity index (χ0) is 12.4. The van der Waals surface area contributed by atoms with Crippen LogP contribution in [-0.4, -0.2) is 28.9 Å². The Morgan fingerprint density at radius 1 is 1.39 bits per heavy atom. The van der Waals surface area contributed by atoms with E-state index in [1.54, 1.807) is 6.20 Å². The number of ether oxygens (including phenoxy) is 1. The third-order valence-electron chi connectivity index (χ3n) is 3.87. The Morgan fingerprint density at radius 2 is 2.22 bits per heavy atom. The van der Waals surface area contributed by atoms with Gasteiger partial charge in [0.25, 0.3) is 0 Å². The van der Waals surface area contributed by atoms with Gasteiger partial charge in [-0.1, -0.05) is 12.8 Å². The van der Waals surface area contributed by atoms with Crippen LogP contribution in [0, 0.1) is 5.92 Å². The maximum atomic E-state index is 12.0. The van der Waals surface area contributed by atoms with E-state index in [4.69, 9.17) is 4.74 Å². The summed E-state index contributed by atoms with van der Waals surface area (Å²) < 4.78 is 7.24. The van der Waals surface area contributed by atoms with Gasteiger partial charge in [-0.05, 0) is 19.3 Å². The van der Waals surface area contributed by atoms with Gasteiger partial charge in [0.1, 0.15) is 0 Å². The second-order valence-electron chi connectivity index (χ2n) is 5.20. The fourth-order valence-corrected chi connectivity index (χ4v) is 2.77. The van der Waals surface area contributed by atoms with Crippen LogP contribution in [0.5, 0.6) is 0 Å². The van der Waals surface area contributed by atoms with Crippen molar-refractivity contribution in [1.82, 2.24) is 9.78 Å². The minimum Gasteiger partial charge on any atom is -0.379 e. The summed E-state index contributed by atoms with van der Waals surface area (Å²) in [5.41, 5.74) is 0.804. The van der Waals surface area contributed by atoms with Crippen LogP contribution in [0.2, 0.25) is 0 Å². The number of amides is 1. The van der Waals surface area contributed by atoms with E-state index in [0.717, 1.165) is 38.2 Å². The molecule has 18 heavy (non-hydrogen) atoms. The molecule has 1 aliphatic carbocycles. The van der Waals surface area contributed by atoms with Gasteiger partial charge in [-0.15, -0.1) is 0 Å². The lowest BCUT2D eigenvalue weighted by atomic mass is 10.1. The van der Waals surface area contributed by atoms with Gasteiger partial charge in [-0.25, -0.2) is 0 Å². The minimum absolute atomic E-state index is 0.148. The Morgan fingerprint density at radius 3 is 2.94 bits per heavy atom. The van der Waals surface area contributed by atoms with Crippen LogP contribution >= 0.6 is 0 Å². The standard InChI is InChI=1S/C13H19N3O2/c17-13(10-3-1-2-4-10)15-11-7-14-16(8-11)12-5-6-18-9-12/h7-8,10,12H,1-6,9H2,(H,15,17). The first-order valence-corrected chi connectivity index (χ1v) is 6.76. The van der Waals surface area contributed by atoms with E-state index >= 15 is 0 Å². The van der Waals surface area contributed by atoms with Crippen molar-refractivity contribution in [3.05, 3.63) is 12.4 Å². The monoisotopic (exact) mass is 249 g/mol. The van der Waals surface area contributed by atoms with E-state index in [1.807, 2.05) is 10.9 Å². The van der Waals surface area contributed by atoms with Crippen LogP contribution in [0.1, 0.15) is 38.1 Å². The highest BCUT2D eigenvalue weighted by Gasteiger charge is 2.23. The zero-order valence-corrected chi connectivity index (χ0v) is 10.5. The van der Waals surface area contributed by atoms with Crippen molar-refractivity contribution in [2.75, 3.05) is 18.5 Å². The molecule has 1 amide bonds.